The Labute approximate surface area is 158 Å². The van der Waals surface area contributed by atoms with Crippen LogP contribution in [0.2, 0.25) is 0 Å². The largest absolute Gasteiger partial charge is 0.378 e. The lowest BCUT2D eigenvalue weighted by Crippen LogP contribution is -2.41. The van der Waals surface area contributed by atoms with E-state index in [9.17, 15) is 0 Å². The predicted molar refractivity (Wildman–Crippen MR) is 107 cm³/mol. The molecule has 1 aromatic heterocycles. The molecule has 1 aromatic carbocycles. The summed E-state index contributed by atoms with van der Waals surface area (Å²) in [6.45, 7) is 7.31. The van der Waals surface area contributed by atoms with Gasteiger partial charge in [0.05, 0.1) is 11.8 Å². The van der Waals surface area contributed by atoms with Gasteiger partial charge in [0.15, 0.2) is 0 Å². The third-order valence-electron chi connectivity index (χ3n) is 5.63. The van der Waals surface area contributed by atoms with Gasteiger partial charge in [0, 0.05) is 19.3 Å². The minimum absolute atomic E-state index is 0.325. The molecule has 1 aliphatic rings. The summed E-state index contributed by atoms with van der Waals surface area (Å²) in [5, 5.41) is 3.60. The summed E-state index contributed by atoms with van der Waals surface area (Å²) in [6, 6.07) is 17.0. The van der Waals surface area contributed by atoms with Crippen LogP contribution in [0.4, 0.5) is 0 Å². The zero-order valence-electron chi connectivity index (χ0n) is 16.2. The smallest absolute Gasteiger partial charge is 0.0603 e. The Balaban J connectivity index is 1.62. The minimum Gasteiger partial charge on any atom is -0.378 e. The molecule has 3 nitrogen and oxygen atoms in total. The van der Waals surface area contributed by atoms with E-state index >= 15 is 0 Å². The summed E-state index contributed by atoms with van der Waals surface area (Å²) < 4.78 is 6.08. The van der Waals surface area contributed by atoms with Crippen LogP contribution in [0.15, 0.2) is 54.7 Å². The van der Waals surface area contributed by atoms with Gasteiger partial charge in [-0.2, -0.15) is 0 Å². The monoisotopic (exact) mass is 352 g/mol. The van der Waals surface area contributed by atoms with Gasteiger partial charge in [0.25, 0.3) is 0 Å². The molecular formula is C23H32N2O. The van der Waals surface area contributed by atoms with Crippen LogP contribution in [0, 0.1) is 11.3 Å². The van der Waals surface area contributed by atoms with E-state index in [2.05, 4.69) is 60.5 Å². The molecule has 26 heavy (non-hydrogen) atoms. The van der Waals surface area contributed by atoms with E-state index in [1.165, 1.54) is 12.0 Å². The van der Waals surface area contributed by atoms with E-state index in [1.807, 2.05) is 18.3 Å². The van der Waals surface area contributed by atoms with E-state index in [0.29, 0.717) is 17.4 Å². The van der Waals surface area contributed by atoms with Crippen molar-refractivity contribution >= 4 is 0 Å². The summed E-state index contributed by atoms with van der Waals surface area (Å²) in [7, 11) is 0. The first-order chi connectivity index (χ1) is 12.7. The second-order valence-electron chi connectivity index (χ2n) is 8.02. The van der Waals surface area contributed by atoms with Crippen molar-refractivity contribution in [3.8, 4) is 0 Å². The molecule has 0 saturated carbocycles. The Hall–Kier alpha value is -1.71. The highest BCUT2D eigenvalue weighted by Gasteiger charge is 2.37. The van der Waals surface area contributed by atoms with Crippen LogP contribution in [-0.2, 0) is 17.7 Å². The lowest BCUT2D eigenvalue weighted by Gasteiger charge is -2.43. The molecule has 2 aromatic rings. The van der Waals surface area contributed by atoms with Crippen molar-refractivity contribution in [3.05, 3.63) is 66.0 Å². The number of hydrogen-bond acceptors (Lipinski definition) is 3. The van der Waals surface area contributed by atoms with Gasteiger partial charge in [0.1, 0.15) is 0 Å². The Kier molecular flexibility index (Phi) is 6.81. The second kappa shape index (κ2) is 9.29. The quantitative estimate of drug-likeness (QED) is 0.704. The van der Waals surface area contributed by atoms with E-state index < -0.39 is 0 Å². The van der Waals surface area contributed by atoms with E-state index in [-0.39, 0.29) is 0 Å². The topological polar surface area (TPSA) is 34.2 Å². The average molecular weight is 353 g/mol. The van der Waals surface area contributed by atoms with Gasteiger partial charge in [-0.15, -0.1) is 0 Å². The van der Waals surface area contributed by atoms with Gasteiger partial charge in [-0.05, 0) is 61.3 Å². The van der Waals surface area contributed by atoms with Crippen molar-refractivity contribution in [2.24, 2.45) is 11.3 Å². The fourth-order valence-corrected chi connectivity index (χ4v) is 4.02. The molecule has 0 radical (unpaired) electrons. The van der Waals surface area contributed by atoms with Crippen LogP contribution in [-0.4, -0.2) is 24.2 Å². The molecule has 0 spiro atoms. The molecule has 1 N–H and O–H groups in total. The van der Waals surface area contributed by atoms with E-state index in [4.69, 9.17) is 4.74 Å². The van der Waals surface area contributed by atoms with Crippen molar-refractivity contribution < 1.29 is 4.74 Å². The number of nitrogens with one attached hydrogen (secondary N) is 1. The maximum absolute atomic E-state index is 6.08. The lowest BCUT2D eigenvalue weighted by molar-refractivity contribution is -0.0720. The lowest BCUT2D eigenvalue weighted by atomic mass is 9.69. The third kappa shape index (κ3) is 5.39. The third-order valence-corrected chi connectivity index (χ3v) is 5.63. The SMILES string of the molecule is CC(C)[C@H]1C[C@](CCNCc2ccccn2)(Cc2ccccc2)CCO1. The molecule has 1 saturated heterocycles. The number of pyridine rings is 1. The highest BCUT2D eigenvalue weighted by Crippen LogP contribution is 2.41. The normalized spacial score (nSPS) is 23.3. The molecule has 1 fully saturated rings. The van der Waals surface area contributed by atoms with Gasteiger partial charge in [-0.3, -0.25) is 4.98 Å². The first kappa shape index (κ1) is 19.1. The molecule has 0 aliphatic carbocycles. The molecule has 1 aliphatic heterocycles. The van der Waals surface area contributed by atoms with Crippen molar-refractivity contribution in [2.45, 2.75) is 52.2 Å². The zero-order valence-corrected chi connectivity index (χ0v) is 16.2. The number of nitrogens with zero attached hydrogens (tertiary/aromatic N) is 1. The molecular weight excluding hydrogens is 320 g/mol. The van der Waals surface area contributed by atoms with Gasteiger partial charge in [-0.1, -0.05) is 50.2 Å². The Bertz CT molecular complexity index is 644. The van der Waals surface area contributed by atoms with Crippen molar-refractivity contribution in [2.75, 3.05) is 13.2 Å². The number of rotatable bonds is 8. The summed E-state index contributed by atoms with van der Waals surface area (Å²) >= 11 is 0. The number of aromatic nitrogens is 1. The van der Waals surface area contributed by atoms with Gasteiger partial charge in [0.2, 0.25) is 0 Å². The molecule has 3 heteroatoms. The van der Waals surface area contributed by atoms with Crippen molar-refractivity contribution in [1.29, 1.82) is 0 Å². The number of benzene rings is 1. The highest BCUT2D eigenvalue weighted by atomic mass is 16.5. The molecule has 0 unspecified atom stereocenters. The van der Waals surface area contributed by atoms with Crippen LogP contribution in [0.25, 0.3) is 0 Å². The fraction of sp³-hybridized carbons (Fsp3) is 0.522. The van der Waals surface area contributed by atoms with Crippen LogP contribution >= 0.6 is 0 Å². The zero-order chi connectivity index (χ0) is 18.2. The Morgan fingerprint density at radius 3 is 2.69 bits per heavy atom. The van der Waals surface area contributed by atoms with E-state index in [0.717, 1.165) is 44.7 Å². The standard InChI is InChI=1S/C23H32N2O/c1-19(2)22-17-23(12-15-26-22,16-20-8-4-3-5-9-20)11-14-24-18-21-10-6-7-13-25-21/h3-10,13,19,22,24H,11-12,14-18H2,1-2H3/t22-,23+/m1/s1. The summed E-state index contributed by atoms with van der Waals surface area (Å²) in [5.41, 5.74) is 2.88. The van der Waals surface area contributed by atoms with Crippen LogP contribution in [0.3, 0.4) is 0 Å². The average Bonchev–Trinajstić information content (AvgIpc) is 2.67. The first-order valence-electron chi connectivity index (χ1n) is 9.93. The number of hydrogen-bond donors (Lipinski definition) is 1. The molecule has 2 atom stereocenters. The van der Waals surface area contributed by atoms with Gasteiger partial charge < -0.3 is 10.1 Å². The van der Waals surface area contributed by atoms with Crippen molar-refractivity contribution in [3.63, 3.8) is 0 Å². The van der Waals surface area contributed by atoms with Crippen LogP contribution in [0.1, 0.15) is 44.4 Å². The summed E-state index contributed by atoms with van der Waals surface area (Å²) in [4.78, 5) is 4.40. The second-order valence-corrected chi connectivity index (χ2v) is 8.02. The summed E-state index contributed by atoms with van der Waals surface area (Å²) in [6.07, 6.45) is 6.87. The molecule has 3 rings (SSSR count). The predicted octanol–water partition coefficient (Wildman–Crippen LogP) is 4.63. The number of ether oxygens (including phenoxy) is 1. The first-order valence-corrected chi connectivity index (χ1v) is 9.93. The van der Waals surface area contributed by atoms with Crippen molar-refractivity contribution in [1.82, 2.24) is 10.3 Å². The van der Waals surface area contributed by atoms with Gasteiger partial charge in [-0.25, -0.2) is 0 Å². The van der Waals surface area contributed by atoms with Crippen LogP contribution in [0.5, 0.6) is 0 Å². The molecule has 140 valence electrons. The molecule has 0 bridgehead atoms. The Morgan fingerprint density at radius 1 is 1.15 bits per heavy atom. The van der Waals surface area contributed by atoms with Gasteiger partial charge >= 0.3 is 0 Å². The Morgan fingerprint density at radius 2 is 1.96 bits per heavy atom. The fourth-order valence-electron chi connectivity index (χ4n) is 4.02. The molecule has 0 amide bonds. The highest BCUT2D eigenvalue weighted by molar-refractivity contribution is 5.17. The summed E-state index contributed by atoms with van der Waals surface area (Å²) in [5.74, 6) is 0.576. The molecule has 2 heterocycles. The van der Waals surface area contributed by atoms with E-state index in [1.54, 1.807) is 0 Å². The minimum atomic E-state index is 0.325. The maximum atomic E-state index is 6.08. The van der Waals surface area contributed by atoms with Crippen LogP contribution < -0.4 is 5.32 Å². The maximum Gasteiger partial charge on any atom is 0.0603 e.